The van der Waals surface area contributed by atoms with Crippen molar-refractivity contribution in [1.29, 1.82) is 0 Å². The average molecular weight is 283 g/mol. The van der Waals surface area contributed by atoms with Crippen molar-refractivity contribution in [2.45, 2.75) is 6.92 Å². The molecule has 0 bridgehead atoms. The van der Waals surface area contributed by atoms with Crippen LogP contribution in [-0.4, -0.2) is 48.1 Å². The summed E-state index contributed by atoms with van der Waals surface area (Å²) in [5.74, 6) is 1.64. The van der Waals surface area contributed by atoms with Gasteiger partial charge in [0.15, 0.2) is 0 Å². The Morgan fingerprint density at radius 1 is 1.00 bits per heavy atom. The second-order valence-electron chi connectivity index (χ2n) is 5.52. The monoisotopic (exact) mass is 283 g/mol. The third kappa shape index (κ3) is 3.49. The van der Waals surface area contributed by atoms with E-state index < -0.39 is 0 Å². The van der Waals surface area contributed by atoms with Gasteiger partial charge in [0.05, 0.1) is 0 Å². The van der Waals surface area contributed by atoms with Crippen LogP contribution in [0.4, 0.5) is 17.5 Å². The van der Waals surface area contributed by atoms with Gasteiger partial charge in [0, 0.05) is 38.1 Å². The summed E-state index contributed by atoms with van der Waals surface area (Å²) < 4.78 is 0. The zero-order chi connectivity index (χ0) is 14.7. The van der Waals surface area contributed by atoms with E-state index in [-0.39, 0.29) is 0 Å². The highest BCUT2D eigenvalue weighted by Gasteiger charge is 2.15. The molecule has 0 unspecified atom stereocenters. The summed E-state index contributed by atoms with van der Waals surface area (Å²) in [5, 5.41) is 3.26. The molecule has 5 nitrogen and oxygen atoms in total. The zero-order valence-corrected chi connectivity index (χ0v) is 12.6. The lowest BCUT2D eigenvalue weighted by molar-refractivity contribution is 0.312. The second-order valence-corrected chi connectivity index (χ2v) is 5.52. The third-order valence-electron chi connectivity index (χ3n) is 3.78. The Balaban J connectivity index is 1.72. The predicted octanol–water partition coefficient (Wildman–Crippen LogP) is 2.28. The van der Waals surface area contributed by atoms with Crippen LogP contribution in [0.2, 0.25) is 0 Å². The van der Waals surface area contributed by atoms with Crippen molar-refractivity contribution in [3.8, 4) is 0 Å². The van der Waals surface area contributed by atoms with Gasteiger partial charge in [-0.3, -0.25) is 0 Å². The van der Waals surface area contributed by atoms with Crippen LogP contribution in [0.25, 0.3) is 0 Å². The van der Waals surface area contributed by atoms with Crippen LogP contribution < -0.4 is 10.2 Å². The molecule has 2 heterocycles. The lowest BCUT2D eigenvalue weighted by atomic mass is 10.2. The highest BCUT2D eigenvalue weighted by molar-refractivity contribution is 5.55. The minimum atomic E-state index is 0.648. The molecule has 1 aliphatic heterocycles. The van der Waals surface area contributed by atoms with E-state index in [1.165, 1.54) is 5.56 Å². The molecule has 2 aromatic rings. The standard InChI is InChI=1S/C16H21N5/c1-13-3-5-14(6-4-13)18-16-17-8-7-15(19-16)21-11-9-20(2)10-12-21/h3-8H,9-12H2,1-2H3,(H,17,18,19). The molecule has 1 fully saturated rings. The van der Waals surface area contributed by atoms with Gasteiger partial charge in [0.25, 0.3) is 0 Å². The molecule has 110 valence electrons. The number of aromatic nitrogens is 2. The van der Waals surface area contributed by atoms with Crippen molar-refractivity contribution in [3.05, 3.63) is 42.1 Å². The van der Waals surface area contributed by atoms with Gasteiger partial charge >= 0.3 is 0 Å². The number of hydrogen-bond donors (Lipinski definition) is 1. The predicted molar refractivity (Wildman–Crippen MR) is 86.2 cm³/mol. The minimum Gasteiger partial charge on any atom is -0.354 e. The highest BCUT2D eigenvalue weighted by atomic mass is 15.3. The third-order valence-corrected chi connectivity index (χ3v) is 3.78. The van der Waals surface area contributed by atoms with Crippen molar-refractivity contribution < 1.29 is 0 Å². The number of hydrogen-bond acceptors (Lipinski definition) is 5. The fraction of sp³-hybridized carbons (Fsp3) is 0.375. The molecule has 0 radical (unpaired) electrons. The quantitative estimate of drug-likeness (QED) is 0.936. The smallest absolute Gasteiger partial charge is 0.229 e. The van der Waals surface area contributed by atoms with Gasteiger partial charge in [-0.25, -0.2) is 4.98 Å². The Kier molecular flexibility index (Phi) is 4.01. The molecule has 0 spiro atoms. The van der Waals surface area contributed by atoms with E-state index >= 15 is 0 Å². The topological polar surface area (TPSA) is 44.3 Å². The van der Waals surface area contributed by atoms with Crippen LogP contribution in [0.5, 0.6) is 0 Å². The molecule has 1 aromatic carbocycles. The molecular formula is C16H21N5. The van der Waals surface area contributed by atoms with Gasteiger partial charge in [0.1, 0.15) is 5.82 Å². The summed E-state index contributed by atoms with van der Waals surface area (Å²) in [7, 11) is 2.15. The van der Waals surface area contributed by atoms with E-state index in [4.69, 9.17) is 0 Å². The van der Waals surface area contributed by atoms with Gasteiger partial charge < -0.3 is 15.1 Å². The van der Waals surface area contributed by atoms with Crippen molar-refractivity contribution in [2.24, 2.45) is 0 Å². The van der Waals surface area contributed by atoms with E-state index in [2.05, 4.69) is 51.2 Å². The van der Waals surface area contributed by atoms with Crippen LogP contribution in [-0.2, 0) is 0 Å². The molecule has 21 heavy (non-hydrogen) atoms. The maximum absolute atomic E-state index is 4.62. The van der Waals surface area contributed by atoms with E-state index in [1.54, 1.807) is 0 Å². The van der Waals surface area contributed by atoms with E-state index in [1.807, 2.05) is 24.4 Å². The molecule has 0 saturated carbocycles. The second kappa shape index (κ2) is 6.10. The summed E-state index contributed by atoms with van der Waals surface area (Å²) >= 11 is 0. The van der Waals surface area contributed by atoms with E-state index in [0.29, 0.717) is 5.95 Å². The fourth-order valence-electron chi connectivity index (χ4n) is 2.39. The van der Waals surface area contributed by atoms with Gasteiger partial charge in [-0.05, 0) is 32.2 Å². The molecule has 1 aliphatic rings. The average Bonchev–Trinajstić information content (AvgIpc) is 2.51. The van der Waals surface area contributed by atoms with Crippen molar-refractivity contribution in [2.75, 3.05) is 43.4 Å². The molecule has 0 amide bonds. The molecular weight excluding hydrogens is 262 g/mol. The summed E-state index contributed by atoms with van der Waals surface area (Å²) in [6, 6.07) is 10.2. The van der Waals surface area contributed by atoms with Crippen molar-refractivity contribution >= 4 is 17.5 Å². The zero-order valence-electron chi connectivity index (χ0n) is 12.6. The first-order valence-corrected chi connectivity index (χ1v) is 7.31. The molecule has 1 saturated heterocycles. The van der Waals surface area contributed by atoms with Gasteiger partial charge in [-0.2, -0.15) is 4.98 Å². The summed E-state index contributed by atoms with van der Waals surface area (Å²) in [6.45, 7) is 6.25. The number of rotatable bonds is 3. The molecule has 0 atom stereocenters. The maximum atomic E-state index is 4.62. The first kappa shape index (κ1) is 13.8. The first-order chi connectivity index (χ1) is 10.2. The van der Waals surface area contributed by atoms with Crippen molar-refractivity contribution in [3.63, 3.8) is 0 Å². The summed E-state index contributed by atoms with van der Waals surface area (Å²) in [4.78, 5) is 13.6. The van der Waals surface area contributed by atoms with E-state index in [9.17, 15) is 0 Å². The summed E-state index contributed by atoms with van der Waals surface area (Å²) in [5.41, 5.74) is 2.25. The number of nitrogens with one attached hydrogen (secondary N) is 1. The molecule has 3 rings (SSSR count). The number of piperazine rings is 1. The Morgan fingerprint density at radius 3 is 2.43 bits per heavy atom. The molecule has 0 aliphatic carbocycles. The van der Waals surface area contributed by atoms with Crippen LogP contribution in [0, 0.1) is 6.92 Å². The van der Waals surface area contributed by atoms with Crippen molar-refractivity contribution in [1.82, 2.24) is 14.9 Å². The highest BCUT2D eigenvalue weighted by Crippen LogP contribution is 2.17. The summed E-state index contributed by atoms with van der Waals surface area (Å²) in [6.07, 6.45) is 1.82. The molecule has 1 aromatic heterocycles. The van der Waals surface area contributed by atoms with Crippen LogP contribution >= 0.6 is 0 Å². The number of anilines is 3. The Bertz CT molecular complexity index is 588. The number of benzene rings is 1. The van der Waals surface area contributed by atoms with Crippen LogP contribution in [0.15, 0.2) is 36.5 Å². The maximum Gasteiger partial charge on any atom is 0.229 e. The van der Waals surface area contributed by atoms with Gasteiger partial charge in [0.2, 0.25) is 5.95 Å². The SMILES string of the molecule is Cc1ccc(Nc2nccc(N3CCN(C)CC3)n2)cc1. The fourth-order valence-corrected chi connectivity index (χ4v) is 2.39. The lowest BCUT2D eigenvalue weighted by Gasteiger charge is -2.33. The van der Waals surface area contributed by atoms with E-state index in [0.717, 1.165) is 37.7 Å². The normalized spacial score (nSPS) is 16.0. The number of aryl methyl sites for hydroxylation is 1. The van der Waals surface area contributed by atoms with Gasteiger partial charge in [-0.1, -0.05) is 17.7 Å². The first-order valence-electron chi connectivity index (χ1n) is 7.31. The Labute approximate surface area is 125 Å². The largest absolute Gasteiger partial charge is 0.354 e. The van der Waals surface area contributed by atoms with Crippen LogP contribution in [0.1, 0.15) is 5.56 Å². The number of nitrogens with zero attached hydrogens (tertiary/aromatic N) is 4. The minimum absolute atomic E-state index is 0.648. The Hall–Kier alpha value is -2.14. The van der Waals surface area contributed by atoms with Gasteiger partial charge in [-0.15, -0.1) is 0 Å². The molecule has 5 heteroatoms. The van der Waals surface area contributed by atoms with Crippen LogP contribution in [0.3, 0.4) is 0 Å². The number of likely N-dealkylation sites (N-methyl/N-ethyl adjacent to an activating group) is 1. The molecule has 1 N–H and O–H groups in total. The lowest BCUT2D eigenvalue weighted by Crippen LogP contribution is -2.44. The Morgan fingerprint density at radius 2 is 1.71 bits per heavy atom.